The van der Waals surface area contributed by atoms with Gasteiger partial charge in [-0.1, -0.05) is 32.9 Å². The van der Waals surface area contributed by atoms with Crippen molar-refractivity contribution in [2.45, 2.75) is 52.9 Å². The molecule has 0 saturated heterocycles. The van der Waals surface area contributed by atoms with Crippen LogP contribution in [0.2, 0.25) is 0 Å². The van der Waals surface area contributed by atoms with Crippen molar-refractivity contribution >= 4 is 11.9 Å². The summed E-state index contributed by atoms with van der Waals surface area (Å²) in [6.07, 6.45) is 0.686. The molecule has 1 saturated carbocycles. The number of halogens is 1. The average Bonchev–Trinajstić information content (AvgIpc) is 2.87. The molecular weight excluding hydrogens is 305 g/mol. The van der Waals surface area contributed by atoms with Crippen molar-refractivity contribution in [2.24, 2.45) is 5.41 Å². The van der Waals surface area contributed by atoms with Crippen LogP contribution in [0.3, 0.4) is 0 Å². The van der Waals surface area contributed by atoms with Crippen molar-refractivity contribution in [3.8, 4) is 0 Å². The van der Waals surface area contributed by atoms with E-state index >= 15 is 0 Å². The molecule has 2 N–H and O–H groups in total. The molecule has 0 spiro atoms. The quantitative estimate of drug-likeness (QED) is 0.879. The fraction of sp³-hybridized carbons (Fsp3) is 0.474. The number of aromatic amines is 1. The lowest BCUT2D eigenvalue weighted by atomic mass is 10.00. The molecule has 128 valence electrons. The smallest absolute Gasteiger partial charge is 0.223 e. The lowest BCUT2D eigenvalue weighted by Crippen LogP contribution is -2.07. The predicted octanol–water partition coefficient (Wildman–Crippen LogP) is 4.29. The van der Waals surface area contributed by atoms with Gasteiger partial charge < -0.3 is 4.98 Å². The van der Waals surface area contributed by atoms with Crippen molar-refractivity contribution < 1.29 is 9.18 Å². The highest BCUT2D eigenvalue weighted by Crippen LogP contribution is 2.70. The van der Waals surface area contributed by atoms with Gasteiger partial charge in [0.2, 0.25) is 11.9 Å². The van der Waals surface area contributed by atoms with Gasteiger partial charge in [0, 0.05) is 18.5 Å². The first kappa shape index (κ1) is 16.7. The van der Waals surface area contributed by atoms with E-state index in [1.807, 2.05) is 26.0 Å². The maximum absolute atomic E-state index is 13.8. The molecule has 5 heteroatoms. The molecule has 2 atom stereocenters. The summed E-state index contributed by atoms with van der Waals surface area (Å²) in [6, 6.07) is 5.44. The molecular formula is C19H24FN3O. The number of carbonyl (C=O) groups is 1. The summed E-state index contributed by atoms with van der Waals surface area (Å²) in [7, 11) is 0. The van der Waals surface area contributed by atoms with Crippen LogP contribution in [-0.2, 0) is 11.2 Å². The molecule has 3 rings (SSSR count). The molecule has 1 fully saturated rings. The Balaban J connectivity index is 1.93. The molecule has 1 amide bonds. The zero-order valence-corrected chi connectivity index (χ0v) is 14.8. The monoisotopic (exact) mass is 329 g/mol. The third kappa shape index (κ3) is 2.72. The van der Waals surface area contributed by atoms with Crippen molar-refractivity contribution in [1.29, 1.82) is 0 Å². The van der Waals surface area contributed by atoms with Crippen LogP contribution in [0.25, 0.3) is 0 Å². The standard InChI is InChI=1S/C19H24FN3O/c1-6-12-9-13(7-8-14(12)20)15-16(19(15,4)5)17-10(2)21-18(23-17)22-11(3)24/h7-9,15-16H,6H2,1-5H3,(H2,21,22,23,24)/t15-,16+/m1/s1. The minimum Gasteiger partial charge on any atom is -0.328 e. The van der Waals surface area contributed by atoms with Gasteiger partial charge in [-0.3, -0.25) is 10.1 Å². The van der Waals surface area contributed by atoms with Gasteiger partial charge in [0.15, 0.2) is 0 Å². The number of carbonyl (C=O) groups excluding carboxylic acids is 1. The van der Waals surface area contributed by atoms with E-state index in [4.69, 9.17) is 0 Å². The first-order valence-corrected chi connectivity index (χ1v) is 8.38. The molecule has 0 bridgehead atoms. The van der Waals surface area contributed by atoms with E-state index in [0.29, 0.717) is 18.3 Å². The lowest BCUT2D eigenvalue weighted by Gasteiger charge is -2.06. The predicted molar refractivity (Wildman–Crippen MR) is 92.7 cm³/mol. The Morgan fingerprint density at radius 2 is 2.08 bits per heavy atom. The Morgan fingerprint density at radius 1 is 1.38 bits per heavy atom. The first-order chi connectivity index (χ1) is 11.3. The molecule has 1 aliphatic carbocycles. The van der Waals surface area contributed by atoms with Crippen LogP contribution < -0.4 is 5.32 Å². The van der Waals surface area contributed by atoms with Crippen LogP contribution in [-0.4, -0.2) is 15.9 Å². The Hall–Kier alpha value is -2.17. The highest BCUT2D eigenvalue weighted by Gasteiger charge is 2.60. The topological polar surface area (TPSA) is 57.8 Å². The second-order valence-corrected chi connectivity index (χ2v) is 7.26. The van der Waals surface area contributed by atoms with Gasteiger partial charge >= 0.3 is 0 Å². The van der Waals surface area contributed by atoms with Gasteiger partial charge in [-0.2, -0.15) is 0 Å². The number of H-pyrrole nitrogens is 1. The molecule has 2 aromatic rings. The van der Waals surface area contributed by atoms with E-state index < -0.39 is 0 Å². The second-order valence-electron chi connectivity index (χ2n) is 7.26. The van der Waals surface area contributed by atoms with Crippen molar-refractivity contribution in [1.82, 2.24) is 9.97 Å². The summed E-state index contributed by atoms with van der Waals surface area (Å²) in [5.74, 6) is 0.764. The number of nitrogens with one attached hydrogen (secondary N) is 2. The van der Waals surface area contributed by atoms with Gasteiger partial charge in [-0.25, -0.2) is 9.37 Å². The van der Waals surface area contributed by atoms with Gasteiger partial charge in [0.25, 0.3) is 0 Å². The molecule has 1 aliphatic rings. The minimum atomic E-state index is -0.145. The van der Waals surface area contributed by atoms with E-state index in [1.54, 1.807) is 6.07 Å². The zero-order chi connectivity index (χ0) is 17.6. The Bertz CT molecular complexity index is 794. The van der Waals surface area contributed by atoms with Crippen molar-refractivity contribution in [3.63, 3.8) is 0 Å². The number of benzene rings is 1. The number of aromatic nitrogens is 2. The SMILES string of the molecule is CCc1cc([C@@H]2[C@@H](c3nc(NC(C)=O)[nH]c3C)C2(C)C)ccc1F. The fourth-order valence-electron chi connectivity index (χ4n) is 3.83. The average molecular weight is 329 g/mol. The zero-order valence-electron chi connectivity index (χ0n) is 14.8. The van der Waals surface area contributed by atoms with Crippen LogP contribution in [0.4, 0.5) is 10.3 Å². The number of aryl methyl sites for hydroxylation is 2. The summed E-state index contributed by atoms with van der Waals surface area (Å²) in [5.41, 5.74) is 3.92. The Morgan fingerprint density at radius 3 is 2.71 bits per heavy atom. The number of hydrogen-bond acceptors (Lipinski definition) is 2. The maximum Gasteiger partial charge on any atom is 0.223 e. The normalized spacial score (nSPS) is 21.6. The molecule has 1 aromatic heterocycles. The largest absolute Gasteiger partial charge is 0.328 e. The Labute approximate surface area is 141 Å². The van der Waals surface area contributed by atoms with Crippen LogP contribution in [0, 0.1) is 18.2 Å². The second kappa shape index (κ2) is 5.72. The fourth-order valence-corrected chi connectivity index (χ4v) is 3.83. The van der Waals surface area contributed by atoms with Crippen LogP contribution in [0.1, 0.15) is 62.0 Å². The molecule has 4 nitrogen and oxygen atoms in total. The number of imidazole rings is 1. The maximum atomic E-state index is 13.8. The van der Waals surface area contributed by atoms with Gasteiger partial charge in [-0.05, 0) is 41.9 Å². The highest BCUT2D eigenvalue weighted by molar-refractivity contribution is 5.86. The van der Waals surface area contributed by atoms with E-state index in [2.05, 4.69) is 29.1 Å². The van der Waals surface area contributed by atoms with Crippen LogP contribution in [0.15, 0.2) is 18.2 Å². The Kier molecular flexibility index (Phi) is 3.98. The summed E-state index contributed by atoms with van der Waals surface area (Å²) in [4.78, 5) is 18.9. The van der Waals surface area contributed by atoms with Crippen LogP contribution in [0.5, 0.6) is 0 Å². The van der Waals surface area contributed by atoms with E-state index in [9.17, 15) is 9.18 Å². The summed E-state index contributed by atoms with van der Waals surface area (Å²) in [5, 5.41) is 2.70. The number of amides is 1. The third-order valence-corrected chi connectivity index (χ3v) is 5.15. The van der Waals surface area contributed by atoms with Gasteiger partial charge in [0.1, 0.15) is 5.82 Å². The summed E-state index contributed by atoms with van der Waals surface area (Å²) >= 11 is 0. The number of nitrogens with zero attached hydrogens (tertiary/aromatic N) is 1. The summed E-state index contributed by atoms with van der Waals surface area (Å²) in [6.45, 7) is 9.83. The number of anilines is 1. The van der Waals surface area contributed by atoms with Gasteiger partial charge in [0.05, 0.1) is 5.69 Å². The number of hydrogen-bond donors (Lipinski definition) is 2. The van der Waals surface area contributed by atoms with E-state index in [0.717, 1.165) is 22.5 Å². The third-order valence-electron chi connectivity index (χ3n) is 5.15. The van der Waals surface area contributed by atoms with Crippen molar-refractivity contribution in [3.05, 3.63) is 46.5 Å². The molecule has 1 heterocycles. The molecule has 0 aliphatic heterocycles. The highest BCUT2D eigenvalue weighted by atomic mass is 19.1. The molecule has 0 radical (unpaired) electrons. The van der Waals surface area contributed by atoms with Crippen LogP contribution >= 0.6 is 0 Å². The molecule has 0 unspecified atom stereocenters. The molecule has 1 aromatic carbocycles. The minimum absolute atomic E-state index is 0.0519. The van der Waals surface area contributed by atoms with E-state index in [-0.39, 0.29) is 23.1 Å². The number of rotatable bonds is 4. The lowest BCUT2D eigenvalue weighted by molar-refractivity contribution is -0.114. The van der Waals surface area contributed by atoms with E-state index in [1.165, 1.54) is 6.92 Å². The molecule has 24 heavy (non-hydrogen) atoms. The summed E-state index contributed by atoms with van der Waals surface area (Å²) < 4.78 is 13.8. The first-order valence-electron chi connectivity index (χ1n) is 8.38. The van der Waals surface area contributed by atoms with Crippen molar-refractivity contribution in [2.75, 3.05) is 5.32 Å². The van der Waals surface area contributed by atoms with Gasteiger partial charge in [-0.15, -0.1) is 0 Å².